The van der Waals surface area contributed by atoms with Gasteiger partial charge in [-0.25, -0.2) is 9.29 Å². The summed E-state index contributed by atoms with van der Waals surface area (Å²) in [5.74, 6) is -0.532. The number of hydrogen-bond donors (Lipinski definition) is 1. The van der Waals surface area contributed by atoms with Crippen LogP contribution >= 0.6 is 15.6 Å². The molecule has 0 spiro atoms. The lowest BCUT2D eigenvalue weighted by Crippen LogP contribution is -2.24. The normalized spacial score (nSPS) is 26.6. The average molecular weight is 461 g/mol. The molecule has 168 valence electrons. The van der Waals surface area contributed by atoms with E-state index in [1.54, 1.807) is 12.5 Å². The van der Waals surface area contributed by atoms with E-state index in [2.05, 4.69) is 18.8 Å². The van der Waals surface area contributed by atoms with Gasteiger partial charge in [-0.3, -0.25) is 14.1 Å². The van der Waals surface area contributed by atoms with Crippen LogP contribution in [-0.2, 0) is 22.5 Å². The van der Waals surface area contributed by atoms with Crippen molar-refractivity contribution >= 4 is 26.7 Å². The van der Waals surface area contributed by atoms with Crippen molar-refractivity contribution in [1.82, 2.24) is 14.5 Å². The van der Waals surface area contributed by atoms with Crippen LogP contribution in [0.3, 0.4) is 0 Å². The fourth-order valence-corrected chi connectivity index (χ4v) is 5.90. The maximum Gasteiger partial charge on any atom is 0.274 e. The van der Waals surface area contributed by atoms with Crippen molar-refractivity contribution in [2.24, 2.45) is 5.92 Å². The zero-order chi connectivity index (χ0) is 22.3. The summed E-state index contributed by atoms with van der Waals surface area (Å²) in [5, 5.41) is 10.4. The van der Waals surface area contributed by atoms with Crippen LogP contribution in [0.25, 0.3) is 11.0 Å². The molecule has 0 radical (unpaired) electrons. The summed E-state index contributed by atoms with van der Waals surface area (Å²) in [4.78, 5) is 32.3. The molecule has 1 N–H and O–H groups in total. The van der Waals surface area contributed by atoms with E-state index in [1.807, 2.05) is 17.6 Å². The second-order valence-electron chi connectivity index (χ2n) is 8.34. The first-order chi connectivity index (χ1) is 13.8. The SMILES string of the molecule is Cc1nccc2c1ncn2C1CC(O)C(COP(=O)([O-])OP(=O)([O-])OC(C)(C)C)C1. The van der Waals surface area contributed by atoms with Crippen molar-refractivity contribution in [3.05, 3.63) is 24.3 Å². The monoisotopic (exact) mass is 461 g/mol. The number of phosphoric acid groups is 2. The molecule has 1 aliphatic rings. The highest BCUT2D eigenvalue weighted by Crippen LogP contribution is 2.57. The first-order valence-corrected chi connectivity index (χ1v) is 12.3. The van der Waals surface area contributed by atoms with Gasteiger partial charge in [-0.05, 0) is 46.6 Å². The Balaban J connectivity index is 1.63. The van der Waals surface area contributed by atoms with E-state index in [4.69, 9.17) is 4.52 Å². The predicted octanol–water partition coefficient (Wildman–Crippen LogP) is 1.84. The Bertz CT molecular complexity index is 1000. The molecule has 11 nitrogen and oxygen atoms in total. The second-order valence-corrected chi connectivity index (χ2v) is 11.2. The van der Waals surface area contributed by atoms with Gasteiger partial charge in [0.1, 0.15) is 5.52 Å². The van der Waals surface area contributed by atoms with Crippen LogP contribution in [0.1, 0.15) is 45.3 Å². The summed E-state index contributed by atoms with van der Waals surface area (Å²) in [6.45, 7) is 5.74. The third-order valence-corrected chi connectivity index (χ3v) is 7.57. The fourth-order valence-electron chi connectivity index (χ4n) is 3.55. The molecule has 0 amide bonds. The standard InChI is InChI=1S/C17H27N3O8P2/c1-11-16-14(5-6-18-11)20(10-19-16)13-7-12(15(21)8-13)9-26-29(22,23)28-30(24,25)27-17(2,3)4/h5-6,10,12-13,15,21H,7-9H2,1-4H3,(H,22,23)(H,24,25)/p-2. The summed E-state index contributed by atoms with van der Waals surface area (Å²) < 4.78 is 39.1. The van der Waals surface area contributed by atoms with Crippen LogP contribution in [0.2, 0.25) is 0 Å². The average Bonchev–Trinajstić information content (AvgIpc) is 3.14. The topological polar surface area (TPSA) is 159 Å². The molecule has 1 fully saturated rings. The molecule has 5 atom stereocenters. The zero-order valence-electron chi connectivity index (χ0n) is 17.1. The lowest BCUT2D eigenvalue weighted by atomic mass is 10.1. The molecule has 0 aromatic carbocycles. The first kappa shape index (κ1) is 23.5. The van der Waals surface area contributed by atoms with Crippen LogP contribution in [0.15, 0.2) is 18.6 Å². The minimum atomic E-state index is -5.19. The number of aliphatic hydroxyl groups is 1. The van der Waals surface area contributed by atoms with E-state index in [0.29, 0.717) is 12.8 Å². The summed E-state index contributed by atoms with van der Waals surface area (Å²) in [6, 6.07) is 1.70. The third kappa shape index (κ3) is 5.75. The Morgan fingerprint density at radius 2 is 1.93 bits per heavy atom. The molecule has 1 saturated carbocycles. The molecule has 2 aromatic heterocycles. The Hall–Kier alpha value is -1.16. The predicted molar refractivity (Wildman–Crippen MR) is 103 cm³/mol. The van der Waals surface area contributed by atoms with Crippen LogP contribution in [0.4, 0.5) is 0 Å². The highest BCUT2D eigenvalue weighted by atomic mass is 31.3. The number of pyridine rings is 1. The van der Waals surface area contributed by atoms with Crippen molar-refractivity contribution in [2.45, 2.75) is 58.3 Å². The van der Waals surface area contributed by atoms with Gasteiger partial charge >= 0.3 is 0 Å². The Kier molecular flexibility index (Phi) is 6.59. The largest absolute Gasteiger partial charge is 0.756 e. The molecular formula is C17H25N3O8P2-2. The number of fused-ring (bicyclic) bond motifs is 1. The highest BCUT2D eigenvalue weighted by molar-refractivity contribution is 7.59. The summed E-state index contributed by atoms with van der Waals surface area (Å²) in [7, 11) is -10.3. The first-order valence-electron chi connectivity index (χ1n) is 9.41. The van der Waals surface area contributed by atoms with E-state index in [-0.39, 0.29) is 6.04 Å². The minimum Gasteiger partial charge on any atom is -0.756 e. The number of nitrogens with zero attached hydrogens (tertiary/aromatic N) is 3. The van der Waals surface area contributed by atoms with E-state index >= 15 is 0 Å². The van der Waals surface area contributed by atoms with Crippen molar-refractivity contribution in [3.8, 4) is 0 Å². The molecule has 13 heteroatoms. The van der Waals surface area contributed by atoms with Gasteiger partial charge in [0.25, 0.3) is 15.6 Å². The number of aryl methyl sites for hydroxylation is 1. The molecule has 30 heavy (non-hydrogen) atoms. The molecule has 5 unspecified atom stereocenters. The molecule has 1 aliphatic carbocycles. The smallest absolute Gasteiger partial charge is 0.274 e. The number of aromatic nitrogens is 3. The lowest BCUT2D eigenvalue weighted by Gasteiger charge is -2.35. The minimum absolute atomic E-state index is 0.123. The van der Waals surface area contributed by atoms with Crippen LogP contribution in [0.5, 0.6) is 0 Å². The van der Waals surface area contributed by atoms with E-state index in [9.17, 15) is 24.0 Å². The van der Waals surface area contributed by atoms with Gasteiger partial charge in [0.2, 0.25) is 0 Å². The Morgan fingerprint density at radius 3 is 2.60 bits per heavy atom. The van der Waals surface area contributed by atoms with Crippen LogP contribution in [0, 0.1) is 12.8 Å². The number of aliphatic hydroxyl groups excluding tert-OH is 1. The highest BCUT2D eigenvalue weighted by Gasteiger charge is 2.36. The van der Waals surface area contributed by atoms with Gasteiger partial charge in [0.15, 0.2) is 0 Å². The number of rotatable bonds is 7. The van der Waals surface area contributed by atoms with Gasteiger partial charge < -0.3 is 28.5 Å². The quantitative estimate of drug-likeness (QED) is 0.603. The van der Waals surface area contributed by atoms with E-state index in [0.717, 1.165) is 16.7 Å². The molecule has 3 rings (SSSR count). The van der Waals surface area contributed by atoms with Gasteiger partial charge in [0.05, 0.1) is 35.8 Å². The van der Waals surface area contributed by atoms with Gasteiger partial charge in [-0.1, -0.05) is 0 Å². The Morgan fingerprint density at radius 1 is 1.23 bits per heavy atom. The van der Waals surface area contributed by atoms with Gasteiger partial charge in [0, 0.05) is 18.2 Å². The number of imidazole rings is 1. The van der Waals surface area contributed by atoms with Crippen LogP contribution in [-0.4, -0.2) is 38.0 Å². The maximum absolute atomic E-state index is 11.9. The van der Waals surface area contributed by atoms with Gasteiger partial charge in [-0.2, -0.15) is 0 Å². The second kappa shape index (κ2) is 8.41. The van der Waals surface area contributed by atoms with Crippen molar-refractivity contribution in [3.63, 3.8) is 0 Å². The van der Waals surface area contributed by atoms with Gasteiger partial charge in [-0.15, -0.1) is 0 Å². The summed E-state index contributed by atoms with van der Waals surface area (Å²) >= 11 is 0. The van der Waals surface area contributed by atoms with Crippen molar-refractivity contribution in [2.75, 3.05) is 6.61 Å². The molecule has 0 saturated heterocycles. The number of phosphoric ester groups is 2. The fraction of sp³-hybridized carbons (Fsp3) is 0.647. The number of hydrogen-bond acceptors (Lipinski definition) is 10. The molecule has 0 bridgehead atoms. The molecule has 2 aromatic rings. The zero-order valence-corrected chi connectivity index (χ0v) is 18.9. The molecule has 2 heterocycles. The van der Waals surface area contributed by atoms with E-state index in [1.165, 1.54) is 20.8 Å². The van der Waals surface area contributed by atoms with Crippen molar-refractivity contribution < 1.29 is 37.4 Å². The summed E-state index contributed by atoms with van der Waals surface area (Å²) in [6.07, 6.45) is 3.30. The van der Waals surface area contributed by atoms with Crippen LogP contribution < -0.4 is 9.79 Å². The van der Waals surface area contributed by atoms with E-state index < -0.39 is 39.9 Å². The third-order valence-electron chi connectivity index (χ3n) is 4.73. The molecular weight excluding hydrogens is 436 g/mol. The summed E-state index contributed by atoms with van der Waals surface area (Å²) in [5.41, 5.74) is 1.25. The maximum atomic E-state index is 11.9. The lowest BCUT2D eigenvalue weighted by molar-refractivity contribution is -0.249. The molecule has 0 aliphatic heterocycles. The van der Waals surface area contributed by atoms with Crippen molar-refractivity contribution in [1.29, 1.82) is 0 Å². The Labute approximate surface area is 174 Å².